The molecule has 2 aromatic heterocycles. The molecule has 6 heteroatoms. The molecule has 3 aromatic carbocycles. The summed E-state index contributed by atoms with van der Waals surface area (Å²) in [4.78, 5) is 19.2. The number of hydrogen-bond acceptors (Lipinski definition) is 5. The van der Waals surface area contributed by atoms with E-state index in [0.29, 0.717) is 22.0 Å². The minimum atomic E-state index is -0.274. The molecule has 5 rings (SSSR count). The Morgan fingerprint density at radius 2 is 1.61 bits per heavy atom. The number of thiophene rings is 1. The second-order valence-corrected chi connectivity index (χ2v) is 8.50. The minimum Gasteiger partial charge on any atom is -0.497 e. The number of nitrogens with one attached hydrogen (secondary N) is 1. The zero-order chi connectivity index (χ0) is 22.8. The van der Waals surface area contributed by atoms with Crippen LogP contribution in [0.5, 0.6) is 5.75 Å². The maximum Gasteiger partial charge on any atom is 0.267 e. The Morgan fingerprint density at radius 1 is 0.909 bits per heavy atom. The minimum absolute atomic E-state index is 0.274. The lowest BCUT2D eigenvalue weighted by Crippen LogP contribution is -2.12. The van der Waals surface area contributed by atoms with Crippen molar-refractivity contribution in [2.75, 3.05) is 18.2 Å². The Hall–Kier alpha value is -4.16. The molecule has 0 atom stereocenters. The first-order valence-corrected chi connectivity index (χ1v) is 11.2. The fraction of sp³-hybridized carbons (Fsp3) is 0.0370. The molecule has 0 saturated carbocycles. The Morgan fingerprint density at radius 3 is 2.30 bits per heavy atom. The second-order valence-electron chi connectivity index (χ2n) is 7.50. The number of nitrogens with two attached hydrogens (primary N) is 1. The van der Waals surface area contributed by atoms with Gasteiger partial charge in [-0.3, -0.25) is 4.79 Å². The molecule has 33 heavy (non-hydrogen) atoms. The van der Waals surface area contributed by atoms with Gasteiger partial charge in [-0.15, -0.1) is 11.3 Å². The van der Waals surface area contributed by atoms with E-state index in [4.69, 9.17) is 15.5 Å². The van der Waals surface area contributed by atoms with Crippen molar-refractivity contribution in [3.63, 3.8) is 0 Å². The smallest absolute Gasteiger partial charge is 0.267 e. The number of hydrogen-bond donors (Lipinski definition) is 2. The number of carbonyl (C=O) groups is 1. The van der Waals surface area contributed by atoms with Gasteiger partial charge in [0.25, 0.3) is 5.91 Å². The first-order valence-electron chi connectivity index (χ1n) is 10.4. The topological polar surface area (TPSA) is 77.2 Å². The summed E-state index contributed by atoms with van der Waals surface area (Å²) in [5.41, 5.74) is 11.4. The van der Waals surface area contributed by atoms with Crippen molar-refractivity contribution < 1.29 is 9.53 Å². The molecule has 0 saturated heterocycles. The van der Waals surface area contributed by atoms with Crippen LogP contribution >= 0.6 is 11.3 Å². The first-order chi connectivity index (χ1) is 16.1. The van der Waals surface area contributed by atoms with Crippen molar-refractivity contribution in [2.24, 2.45) is 0 Å². The van der Waals surface area contributed by atoms with Crippen molar-refractivity contribution in [1.82, 2.24) is 4.98 Å². The number of rotatable bonds is 5. The number of amides is 1. The maximum atomic E-state index is 13.2. The van der Waals surface area contributed by atoms with Crippen molar-refractivity contribution in [3.8, 4) is 28.1 Å². The molecule has 2 heterocycles. The van der Waals surface area contributed by atoms with Crippen LogP contribution in [0.3, 0.4) is 0 Å². The molecule has 5 nitrogen and oxygen atoms in total. The van der Waals surface area contributed by atoms with Gasteiger partial charge in [0, 0.05) is 22.7 Å². The number of methoxy groups -OCH3 is 1. The summed E-state index contributed by atoms with van der Waals surface area (Å²) in [6.45, 7) is 0. The van der Waals surface area contributed by atoms with Crippen LogP contribution < -0.4 is 15.8 Å². The van der Waals surface area contributed by atoms with E-state index in [1.54, 1.807) is 13.2 Å². The SMILES string of the molecule is COc1cccc(NC(=O)c2sc3nc(-c4ccccc4)cc(-c4ccccc4)c3c2N)c1. The predicted octanol–water partition coefficient (Wildman–Crippen LogP) is 6.47. The number of nitrogens with zero attached hydrogens (tertiary/aromatic N) is 1. The van der Waals surface area contributed by atoms with E-state index in [9.17, 15) is 4.79 Å². The van der Waals surface area contributed by atoms with Gasteiger partial charge in [0.1, 0.15) is 15.5 Å². The Kier molecular flexibility index (Phi) is 5.50. The van der Waals surface area contributed by atoms with E-state index in [2.05, 4.69) is 5.32 Å². The standard InChI is InChI=1S/C27H21N3O2S/c1-32-20-14-8-13-19(15-20)29-26(31)25-24(28)23-21(17-9-4-2-5-10-17)16-22(30-27(23)33-25)18-11-6-3-7-12-18/h2-16H,28H2,1H3,(H,29,31). The fourth-order valence-corrected chi connectivity index (χ4v) is 4.80. The number of aromatic nitrogens is 1. The third kappa shape index (κ3) is 4.04. The average Bonchev–Trinajstić information content (AvgIpc) is 3.21. The molecule has 0 aliphatic heterocycles. The number of nitrogen functional groups attached to an aromatic ring is 1. The highest BCUT2D eigenvalue weighted by Gasteiger charge is 2.22. The highest BCUT2D eigenvalue weighted by molar-refractivity contribution is 7.21. The number of anilines is 2. The Bertz CT molecular complexity index is 1450. The summed E-state index contributed by atoms with van der Waals surface area (Å²) >= 11 is 1.30. The third-order valence-electron chi connectivity index (χ3n) is 5.39. The molecule has 3 N–H and O–H groups in total. The fourth-order valence-electron chi connectivity index (χ4n) is 3.78. The average molecular weight is 452 g/mol. The van der Waals surface area contributed by atoms with Crippen LogP contribution in [-0.2, 0) is 0 Å². The monoisotopic (exact) mass is 451 g/mol. The van der Waals surface area contributed by atoms with Gasteiger partial charge in [0.2, 0.25) is 0 Å². The molecular weight excluding hydrogens is 430 g/mol. The first kappa shape index (κ1) is 20.7. The zero-order valence-corrected chi connectivity index (χ0v) is 18.7. The molecule has 5 aromatic rings. The van der Waals surface area contributed by atoms with Crippen LogP contribution in [0.25, 0.3) is 32.6 Å². The summed E-state index contributed by atoms with van der Waals surface area (Å²) in [6.07, 6.45) is 0. The van der Waals surface area contributed by atoms with Crippen LogP contribution in [0.1, 0.15) is 9.67 Å². The molecule has 0 spiro atoms. The van der Waals surface area contributed by atoms with Gasteiger partial charge >= 0.3 is 0 Å². The van der Waals surface area contributed by atoms with Crippen molar-refractivity contribution in [3.05, 3.63) is 95.9 Å². The lowest BCUT2D eigenvalue weighted by atomic mass is 9.99. The van der Waals surface area contributed by atoms with Crippen molar-refractivity contribution >= 4 is 38.8 Å². The van der Waals surface area contributed by atoms with Gasteiger partial charge in [-0.25, -0.2) is 4.98 Å². The number of pyridine rings is 1. The normalized spacial score (nSPS) is 10.8. The number of ether oxygens (including phenoxy) is 1. The predicted molar refractivity (Wildman–Crippen MR) is 136 cm³/mol. The van der Waals surface area contributed by atoms with E-state index in [0.717, 1.165) is 32.6 Å². The van der Waals surface area contributed by atoms with Gasteiger partial charge in [0.05, 0.1) is 18.5 Å². The Balaban J connectivity index is 1.64. The molecule has 1 amide bonds. The lowest BCUT2D eigenvalue weighted by Gasteiger charge is -2.09. The molecular formula is C27H21N3O2S. The maximum absolute atomic E-state index is 13.2. The highest BCUT2D eigenvalue weighted by atomic mass is 32.1. The summed E-state index contributed by atoms with van der Waals surface area (Å²) in [5, 5.41) is 3.72. The number of benzene rings is 3. The third-order valence-corrected chi connectivity index (χ3v) is 6.49. The molecule has 0 fully saturated rings. The van der Waals surface area contributed by atoms with Crippen molar-refractivity contribution in [2.45, 2.75) is 0 Å². The van der Waals surface area contributed by atoms with Crippen molar-refractivity contribution in [1.29, 1.82) is 0 Å². The lowest BCUT2D eigenvalue weighted by molar-refractivity contribution is 0.103. The molecule has 0 radical (unpaired) electrons. The highest BCUT2D eigenvalue weighted by Crippen LogP contribution is 2.41. The van der Waals surface area contributed by atoms with Crippen LogP contribution in [0.2, 0.25) is 0 Å². The van der Waals surface area contributed by atoms with Gasteiger partial charge in [-0.1, -0.05) is 66.7 Å². The molecule has 162 valence electrons. The second kappa shape index (κ2) is 8.76. The molecule has 0 aliphatic carbocycles. The number of fused-ring (bicyclic) bond motifs is 1. The van der Waals surface area contributed by atoms with E-state index in [1.807, 2.05) is 84.9 Å². The Labute approximate surface area is 195 Å². The molecule has 0 aliphatic rings. The van der Waals surface area contributed by atoms with E-state index >= 15 is 0 Å². The summed E-state index contributed by atoms with van der Waals surface area (Å²) in [5.74, 6) is 0.390. The van der Waals surface area contributed by atoms with E-state index < -0.39 is 0 Å². The van der Waals surface area contributed by atoms with Crippen LogP contribution in [-0.4, -0.2) is 18.0 Å². The van der Waals surface area contributed by atoms with Gasteiger partial charge in [-0.05, 0) is 29.3 Å². The van der Waals surface area contributed by atoms with Gasteiger partial charge in [-0.2, -0.15) is 0 Å². The largest absolute Gasteiger partial charge is 0.497 e. The van der Waals surface area contributed by atoms with Gasteiger partial charge in [0.15, 0.2) is 0 Å². The molecule has 0 bridgehead atoms. The van der Waals surface area contributed by atoms with Crippen LogP contribution in [0.15, 0.2) is 91.0 Å². The van der Waals surface area contributed by atoms with Crippen LogP contribution in [0.4, 0.5) is 11.4 Å². The summed E-state index contributed by atoms with van der Waals surface area (Å²) in [6, 6.07) is 29.3. The van der Waals surface area contributed by atoms with Gasteiger partial charge < -0.3 is 15.8 Å². The van der Waals surface area contributed by atoms with E-state index in [-0.39, 0.29) is 5.91 Å². The zero-order valence-electron chi connectivity index (χ0n) is 17.9. The summed E-state index contributed by atoms with van der Waals surface area (Å²) in [7, 11) is 1.59. The summed E-state index contributed by atoms with van der Waals surface area (Å²) < 4.78 is 5.25. The quantitative estimate of drug-likeness (QED) is 0.321. The molecule has 0 unspecified atom stereocenters. The van der Waals surface area contributed by atoms with E-state index in [1.165, 1.54) is 11.3 Å². The van der Waals surface area contributed by atoms with Crippen LogP contribution in [0, 0.1) is 0 Å². The number of carbonyl (C=O) groups excluding carboxylic acids is 1.